The van der Waals surface area contributed by atoms with Crippen molar-refractivity contribution >= 4 is 28.1 Å². The van der Waals surface area contributed by atoms with Crippen molar-refractivity contribution in [1.29, 1.82) is 0 Å². The third-order valence-electron chi connectivity index (χ3n) is 3.03. The van der Waals surface area contributed by atoms with Crippen LogP contribution in [0.3, 0.4) is 0 Å². The van der Waals surface area contributed by atoms with Crippen LogP contribution in [0.15, 0.2) is 71.5 Å². The van der Waals surface area contributed by atoms with Crippen LogP contribution in [0.5, 0.6) is 0 Å². The van der Waals surface area contributed by atoms with E-state index in [9.17, 15) is 0 Å². The molecular formula is C18H13BrN2. The summed E-state index contributed by atoms with van der Waals surface area (Å²) in [5, 5.41) is 0. The third-order valence-corrected chi connectivity index (χ3v) is 3.52. The molecule has 2 nitrogen and oxygen atoms in total. The molecule has 0 atom stereocenters. The first-order chi connectivity index (χ1) is 10.3. The van der Waals surface area contributed by atoms with E-state index in [0.717, 1.165) is 27.0 Å². The van der Waals surface area contributed by atoms with Gasteiger partial charge in [-0.2, -0.15) is 0 Å². The summed E-state index contributed by atoms with van der Waals surface area (Å²) in [4.78, 5) is 8.75. The summed E-state index contributed by atoms with van der Waals surface area (Å²) in [7, 11) is 0. The predicted octanol–water partition coefficient (Wildman–Crippen LogP) is 5.08. The molecule has 3 aromatic rings. The van der Waals surface area contributed by atoms with E-state index in [4.69, 9.17) is 0 Å². The lowest BCUT2D eigenvalue weighted by Gasteiger charge is -2.00. The van der Waals surface area contributed by atoms with Gasteiger partial charge < -0.3 is 0 Å². The highest BCUT2D eigenvalue weighted by Gasteiger charge is 1.98. The van der Waals surface area contributed by atoms with Gasteiger partial charge in [0.2, 0.25) is 0 Å². The average molecular weight is 337 g/mol. The number of aromatic nitrogens is 2. The number of hydrogen-bond donors (Lipinski definition) is 0. The number of hydrogen-bond acceptors (Lipinski definition) is 2. The average Bonchev–Trinajstić information content (AvgIpc) is 2.54. The van der Waals surface area contributed by atoms with E-state index in [1.807, 2.05) is 48.7 Å². The summed E-state index contributed by atoms with van der Waals surface area (Å²) in [5.41, 5.74) is 3.99. The number of benzene rings is 1. The van der Waals surface area contributed by atoms with Gasteiger partial charge in [-0.1, -0.05) is 52.3 Å². The van der Waals surface area contributed by atoms with Crippen molar-refractivity contribution in [3.8, 4) is 11.4 Å². The van der Waals surface area contributed by atoms with Gasteiger partial charge in [-0.25, -0.2) is 0 Å². The lowest BCUT2D eigenvalue weighted by atomic mass is 10.1. The Hall–Kier alpha value is -2.26. The minimum atomic E-state index is 0.884. The van der Waals surface area contributed by atoms with Crippen LogP contribution in [0.4, 0.5) is 0 Å². The molecule has 2 heterocycles. The van der Waals surface area contributed by atoms with Crippen LogP contribution < -0.4 is 0 Å². The Morgan fingerprint density at radius 3 is 2.33 bits per heavy atom. The second-order valence-electron chi connectivity index (χ2n) is 4.58. The molecule has 0 aliphatic heterocycles. The van der Waals surface area contributed by atoms with E-state index in [2.05, 4.69) is 50.2 Å². The van der Waals surface area contributed by atoms with Crippen LogP contribution >= 0.6 is 15.9 Å². The summed E-state index contributed by atoms with van der Waals surface area (Å²) in [6.45, 7) is 0. The Kier molecular flexibility index (Phi) is 4.22. The fourth-order valence-corrected chi connectivity index (χ4v) is 2.39. The molecule has 0 bridgehead atoms. The first-order valence-electron chi connectivity index (χ1n) is 6.62. The summed E-state index contributed by atoms with van der Waals surface area (Å²) < 4.78 is 1.08. The maximum atomic E-state index is 4.46. The van der Waals surface area contributed by atoms with Gasteiger partial charge in [-0.05, 0) is 41.5 Å². The zero-order chi connectivity index (χ0) is 14.5. The first-order valence-corrected chi connectivity index (χ1v) is 7.42. The molecule has 0 saturated carbocycles. The van der Waals surface area contributed by atoms with Gasteiger partial charge in [0.05, 0.1) is 11.4 Å². The van der Waals surface area contributed by atoms with Crippen LogP contribution in [0.1, 0.15) is 11.1 Å². The molecule has 0 aliphatic carbocycles. The van der Waals surface area contributed by atoms with Crippen molar-refractivity contribution < 1.29 is 0 Å². The highest BCUT2D eigenvalue weighted by molar-refractivity contribution is 9.10. The Bertz CT molecular complexity index is 750. The molecule has 0 radical (unpaired) electrons. The highest BCUT2D eigenvalue weighted by Crippen LogP contribution is 2.16. The zero-order valence-corrected chi connectivity index (χ0v) is 12.9. The van der Waals surface area contributed by atoms with E-state index in [1.165, 1.54) is 0 Å². The largest absolute Gasteiger partial charge is 0.255 e. The quantitative estimate of drug-likeness (QED) is 0.666. The molecule has 21 heavy (non-hydrogen) atoms. The summed E-state index contributed by atoms with van der Waals surface area (Å²) in [6, 6.07) is 18.0. The van der Waals surface area contributed by atoms with Crippen LogP contribution in [-0.2, 0) is 0 Å². The molecule has 3 heteroatoms. The van der Waals surface area contributed by atoms with E-state index in [1.54, 1.807) is 6.20 Å². The van der Waals surface area contributed by atoms with E-state index in [-0.39, 0.29) is 0 Å². The Morgan fingerprint density at radius 2 is 1.62 bits per heavy atom. The monoisotopic (exact) mass is 336 g/mol. The van der Waals surface area contributed by atoms with Crippen LogP contribution in [0.25, 0.3) is 23.5 Å². The predicted molar refractivity (Wildman–Crippen MR) is 90.5 cm³/mol. The molecule has 0 saturated heterocycles. The van der Waals surface area contributed by atoms with Gasteiger partial charge in [0.1, 0.15) is 0 Å². The highest BCUT2D eigenvalue weighted by atomic mass is 79.9. The van der Waals surface area contributed by atoms with E-state index < -0.39 is 0 Å². The Labute approximate surface area is 132 Å². The summed E-state index contributed by atoms with van der Waals surface area (Å²) in [5.74, 6) is 0. The fraction of sp³-hybridized carbons (Fsp3) is 0. The minimum absolute atomic E-state index is 0.884. The molecule has 102 valence electrons. The number of pyridine rings is 2. The van der Waals surface area contributed by atoms with Crippen molar-refractivity contribution in [2.45, 2.75) is 0 Å². The molecule has 0 unspecified atom stereocenters. The molecule has 0 amide bonds. The topological polar surface area (TPSA) is 25.8 Å². The van der Waals surface area contributed by atoms with Crippen molar-refractivity contribution in [3.63, 3.8) is 0 Å². The van der Waals surface area contributed by atoms with Crippen molar-refractivity contribution in [3.05, 3.63) is 82.6 Å². The fourth-order valence-electron chi connectivity index (χ4n) is 1.97. The second-order valence-corrected chi connectivity index (χ2v) is 5.50. The van der Waals surface area contributed by atoms with E-state index >= 15 is 0 Å². The van der Waals surface area contributed by atoms with Gasteiger partial charge in [0.15, 0.2) is 0 Å². The van der Waals surface area contributed by atoms with E-state index in [0.29, 0.717) is 0 Å². The standard InChI is InChI=1S/C18H13BrN2/c19-16-5-3-4-14(12-16)7-8-15-9-10-18(21-13-15)17-6-1-2-11-20-17/h1-13H/b8-7-. The SMILES string of the molecule is Brc1cccc(/C=C\c2ccc(-c3ccccn3)nc2)c1. The van der Waals surface area contributed by atoms with Gasteiger partial charge >= 0.3 is 0 Å². The van der Waals surface area contributed by atoms with Gasteiger partial charge in [0.25, 0.3) is 0 Å². The smallest absolute Gasteiger partial charge is 0.0886 e. The maximum absolute atomic E-state index is 4.46. The first kappa shape index (κ1) is 13.7. The number of nitrogens with zero attached hydrogens (tertiary/aromatic N) is 2. The second kappa shape index (κ2) is 6.46. The van der Waals surface area contributed by atoms with Crippen molar-refractivity contribution in [1.82, 2.24) is 9.97 Å². The Morgan fingerprint density at radius 1 is 0.762 bits per heavy atom. The summed E-state index contributed by atoms with van der Waals surface area (Å²) in [6.07, 6.45) is 7.76. The van der Waals surface area contributed by atoms with Gasteiger partial charge in [-0.3, -0.25) is 9.97 Å². The normalized spacial score (nSPS) is 10.9. The zero-order valence-electron chi connectivity index (χ0n) is 11.3. The van der Waals surface area contributed by atoms with Crippen LogP contribution in [-0.4, -0.2) is 9.97 Å². The number of rotatable bonds is 3. The third kappa shape index (κ3) is 3.64. The molecular weight excluding hydrogens is 324 g/mol. The summed E-state index contributed by atoms with van der Waals surface area (Å²) >= 11 is 3.47. The molecule has 0 N–H and O–H groups in total. The van der Waals surface area contributed by atoms with Crippen molar-refractivity contribution in [2.24, 2.45) is 0 Å². The van der Waals surface area contributed by atoms with Crippen LogP contribution in [0.2, 0.25) is 0 Å². The van der Waals surface area contributed by atoms with Crippen LogP contribution in [0, 0.1) is 0 Å². The molecule has 2 aromatic heterocycles. The lowest BCUT2D eigenvalue weighted by molar-refractivity contribution is 1.24. The maximum Gasteiger partial charge on any atom is 0.0886 e. The molecule has 0 aliphatic rings. The van der Waals surface area contributed by atoms with Gasteiger partial charge in [-0.15, -0.1) is 0 Å². The minimum Gasteiger partial charge on any atom is -0.255 e. The molecule has 3 rings (SSSR count). The molecule has 1 aromatic carbocycles. The Balaban J connectivity index is 1.79. The van der Waals surface area contributed by atoms with Crippen molar-refractivity contribution in [2.75, 3.05) is 0 Å². The molecule has 0 spiro atoms. The lowest BCUT2D eigenvalue weighted by Crippen LogP contribution is -1.86. The van der Waals surface area contributed by atoms with Gasteiger partial charge in [0, 0.05) is 16.9 Å². The molecule has 0 fully saturated rings. The number of halogens is 1.